The van der Waals surface area contributed by atoms with Crippen LogP contribution in [0.25, 0.3) is 61.6 Å². The molecule has 1 unspecified atom stereocenters. The highest BCUT2D eigenvalue weighted by Gasteiger charge is 2.21. The van der Waals surface area contributed by atoms with Gasteiger partial charge in [-0.05, 0) is 72.0 Å². The molecule has 172 valence electrons. The minimum atomic E-state index is 0.511. The Balaban J connectivity index is 1.43. The van der Waals surface area contributed by atoms with Gasteiger partial charge in [-0.25, -0.2) is 4.98 Å². The van der Waals surface area contributed by atoms with Crippen LogP contribution in [0.2, 0.25) is 0 Å². The summed E-state index contributed by atoms with van der Waals surface area (Å²) in [5.74, 6) is 1.45. The maximum atomic E-state index is 5.28. The number of nitrogens with one attached hydrogen (secondary N) is 1. The Bertz CT molecular complexity index is 1980. The Hall–Kier alpha value is -4.57. The van der Waals surface area contributed by atoms with E-state index in [1.54, 1.807) is 0 Å². The molecule has 4 nitrogen and oxygen atoms in total. The molecule has 0 saturated heterocycles. The molecule has 0 bridgehead atoms. The van der Waals surface area contributed by atoms with Crippen LogP contribution in [0.1, 0.15) is 30.5 Å². The molecule has 0 radical (unpaired) electrons. The van der Waals surface area contributed by atoms with Crippen molar-refractivity contribution >= 4 is 44.8 Å². The van der Waals surface area contributed by atoms with E-state index in [1.807, 2.05) is 0 Å². The van der Waals surface area contributed by atoms with Crippen LogP contribution >= 0.6 is 0 Å². The molecule has 1 N–H and O–H groups in total. The van der Waals surface area contributed by atoms with E-state index in [0.717, 1.165) is 45.5 Å². The van der Waals surface area contributed by atoms with E-state index in [1.165, 1.54) is 27.7 Å². The Labute approximate surface area is 208 Å². The summed E-state index contributed by atoms with van der Waals surface area (Å²) in [6, 6.07) is 32.4. The van der Waals surface area contributed by atoms with Gasteiger partial charge in [-0.1, -0.05) is 61.5 Å². The summed E-state index contributed by atoms with van der Waals surface area (Å²) in [6.07, 6.45) is 5.58. The second kappa shape index (κ2) is 7.22. The number of nitrogens with zero attached hydrogens (tertiary/aromatic N) is 3. The molecule has 8 rings (SSSR count). The van der Waals surface area contributed by atoms with Gasteiger partial charge in [0.05, 0.1) is 22.1 Å². The Morgan fingerprint density at radius 2 is 1.64 bits per heavy atom. The number of aromatic nitrogens is 4. The lowest BCUT2D eigenvalue weighted by Crippen LogP contribution is -1.97. The van der Waals surface area contributed by atoms with Crippen molar-refractivity contribution < 1.29 is 0 Å². The van der Waals surface area contributed by atoms with Gasteiger partial charge < -0.3 is 4.98 Å². The number of hydrogen-bond donors (Lipinski definition) is 1. The number of H-pyrrole nitrogens is 1. The zero-order valence-electron chi connectivity index (χ0n) is 19.9. The van der Waals surface area contributed by atoms with Crippen molar-refractivity contribution in [2.45, 2.75) is 19.3 Å². The van der Waals surface area contributed by atoms with Gasteiger partial charge in [0.1, 0.15) is 0 Å². The predicted molar refractivity (Wildman–Crippen MR) is 149 cm³/mol. The average Bonchev–Trinajstić information content (AvgIpc) is 3.57. The van der Waals surface area contributed by atoms with E-state index < -0.39 is 0 Å². The second-order valence-electron chi connectivity index (χ2n) is 9.83. The molecule has 0 amide bonds. The van der Waals surface area contributed by atoms with Crippen molar-refractivity contribution in [3.05, 3.63) is 108 Å². The lowest BCUT2D eigenvalue weighted by molar-refractivity contribution is 0.778. The van der Waals surface area contributed by atoms with Gasteiger partial charge in [0.25, 0.3) is 0 Å². The number of allylic oxidation sites excluding steroid dienone is 1. The monoisotopic (exact) mass is 464 g/mol. The molecule has 0 fully saturated rings. The van der Waals surface area contributed by atoms with Crippen molar-refractivity contribution in [2.24, 2.45) is 0 Å². The van der Waals surface area contributed by atoms with Crippen LogP contribution in [0.15, 0.2) is 97.1 Å². The van der Waals surface area contributed by atoms with E-state index in [-0.39, 0.29) is 0 Å². The first-order chi connectivity index (χ1) is 17.8. The van der Waals surface area contributed by atoms with Crippen molar-refractivity contribution in [1.82, 2.24) is 18.9 Å². The van der Waals surface area contributed by atoms with E-state index in [0.29, 0.717) is 5.92 Å². The fourth-order valence-electron chi connectivity index (χ4n) is 6.06. The fraction of sp³-hybridized carbons (Fsp3) is 0.0938. The smallest absolute Gasteiger partial charge is 0.220 e. The van der Waals surface area contributed by atoms with E-state index in [4.69, 9.17) is 4.98 Å². The maximum Gasteiger partial charge on any atom is 0.220 e. The minimum Gasteiger partial charge on any atom is -0.355 e. The highest BCUT2D eigenvalue weighted by molar-refractivity contribution is 6.01. The largest absolute Gasteiger partial charge is 0.355 e. The van der Waals surface area contributed by atoms with Crippen LogP contribution in [0, 0.1) is 0 Å². The molecule has 1 atom stereocenters. The van der Waals surface area contributed by atoms with E-state index in [9.17, 15) is 0 Å². The molecule has 36 heavy (non-hydrogen) atoms. The Kier molecular flexibility index (Phi) is 3.95. The molecule has 1 aliphatic rings. The van der Waals surface area contributed by atoms with Crippen LogP contribution in [0.3, 0.4) is 0 Å². The Morgan fingerprint density at radius 1 is 0.833 bits per heavy atom. The topological polar surface area (TPSA) is 38.0 Å². The number of imidazole rings is 2. The van der Waals surface area contributed by atoms with E-state index in [2.05, 4.69) is 124 Å². The molecule has 7 aromatic rings. The third kappa shape index (κ3) is 2.61. The van der Waals surface area contributed by atoms with Gasteiger partial charge in [-0.2, -0.15) is 0 Å². The molecule has 0 aliphatic heterocycles. The standard InChI is InChI=1S/C32H24N4/c1-20-9-7-13-26-30(20)24-19-21(17-18-25(24)33-26)23-12-8-16-29-31(23)34-32-35(22-10-3-2-4-11-22)27-14-5-6-15-28(27)36(29)32/h2-8,10-20,33H,9H2,1H3. The first kappa shape index (κ1) is 19.7. The molecular formula is C32H24N4. The summed E-state index contributed by atoms with van der Waals surface area (Å²) in [6.45, 7) is 2.32. The minimum absolute atomic E-state index is 0.511. The molecule has 4 aromatic carbocycles. The van der Waals surface area contributed by atoms with Crippen molar-refractivity contribution in [1.29, 1.82) is 0 Å². The summed E-state index contributed by atoms with van der Waals surface area (Å²) in [7, 11) is 0. The van der Waals surface area contributed by atoms with Gasteiger partial charge in [-0.3, -0.25) is 8.97 Å². The molecule has 0 saturated carbocycles. The summed E-state index contributed by atoms with van der Waals surface area (Å²) in [4.78, 5) is 8.90. The van der Waals surface area contributed by atoms with Gasteiger partial charge in [-0.15, -0.1) is 0 Å². The Morgan fingerprint density at radius 3 is 2.53 bits per heavy atom. The first-order valence-corrected chi connectivity index (χ1v) is 12.6. The number of aromatic amines is 1. The SMILES string of the molecule is CC1CC=Cc2[nH]c3ccc(-c4cccc5c4nc4n(-c6ccccc6)c6ccccc6n54)cc3c21. The zero-order chi connectivity index (χ0) is 23.8. The molecule has 4 heteroatoms. The first-order valence-electron chi connectivity index (χ1n) is 12.6. The summed E-state index contributed by atoms with van der Waals surface area (Å²) >= 11 is 0. The van der Waals surface area contributed by atoms with Crippen LogP contribution < -0.4 is 0 Å². The predicted octanol–water partition coefficient (Wildman–Crippen LogP) is 8.10. The van der Waals surface area contributed by atoms with Crippen LogP contribution in [0.5, 0.6) is 0 Å². The summed E-state index contributed by atoms with van der Waals surface area (Å²) in [5, 5.41) is 1.32. The number of hydrogen-bond acceptors (Lipinski definition) is 1. The number of fused-ring (bicyclic) bond motifs is 8. The molecular weight excluding hydrogens is 440 g/mol. The lowest BCUT2D eigenvalue weighted by atomic mass is 9.90. The zero-order valence-corrected chi connectivity index (χ0v) is 19.9. The highest BCUT2D eigenvalue weighted by Crippen LogP contribution is 2.39. The van der Waals surface area contributed by atoms with E-state index >= 15 is 0 Å². The lowest BCUT2D eigenvalue weighted by Gasteiger charge is -2.14. The van der Waals surface area contributed by atoms with Gasteiger partial charge in [0.2, 0.25) is 5.78 Å². The van der Waals surface area contributed by atoms with Crippen LogP contribution in [-0.2, 0) is 0 Å². The molecule has 0 spiro atoms. The highest BCUT2D eigenvalue weighted by atomic mass is 15.2. The number of para-hydroxylation sites is 4. The number of rotatable bonds is 2. The number of benzene rings is 4. The third-order valence-electron chi connectivity index (χ3n) is 7.69. The summed E-state index contributed by atoms with van der Waals surface area (Å²) in [5.41, 5.74) is 11.8. The summed E-state index contributed by atoms with van der Waals surface area (Å²) < 4.78 is 4.56. The second-order valence-corrected chi connectivity index (χ2v) is 9.83. The quantitative estimate of drug-likeness (QED) is 0.276. The van der Waals surface area contributed by atoms with Crippen LogP contribution in [0.4, 0.5) is 0 Å². The maximum absolute atomic E-state index is 5.28. The van der Waals surface area contributed by atoms with Crippen molar-refractivity contribution in [3.63, 3.8) is 0 Å². The molecule has 1 aliphatic carbocycles. The molecule has 3 heterocycles. The van der Waals surface area contributed by atoms with Crippen LogP contribution in [-0.4, -0.2) is 18.9 Å². The van der Waals surface area contributed by atoms with Gasteiger partial charge in [0, 0.05) is 27.8 Å². The fourth-order valence-corrected chi connectivity index (χ4v) is 6.06. The van der Waals surface area contributed by atoms with Gasteiger partial charge in [0.15, 0.2) is 0 Å². The van der Waals surface area contributed by atoms with Crippen molar-refractivity contribution in [3.8, 4) is 16.8 Å². The molecule has 3 aromatic heterocycles. The normalized spacial score (nSPS) is 15.4. The average molecular weight is 465 g/mol. The third-order valence-corrected chi connectivity index (χ3v) is 7.69. The van der Waals surface area contributed by atoms with Gasteiger partial charge >= 0.3 is 0 Å². The van der Waals surface area contributed by atoms with Crippen molar-refractivity contribution in [2.75, 3.05) is 0 Å².